The van der Waals surface area contributed by atoms with E-state index in [1.54, 1.807) is 0 Å². The summed E-state index contributed by atoms with van der Waals surface area (Å²) < 4.78 is 5.80. The van der Waals surface area contributed by atoms with Gasteiger partial charge in [-0.2, -0.15) is 0 Å². The predicted molar refractivity (Wildman–Crippen MR) is 89.6 cm³/mol. The van der Waals surface area contributed by atoms with Crippen molar-refractivity contribution in [2.75, 3.05) is 5.32 Å². The quantitative estimate of drug-likeness (QED) is 0.728. The van der Waals surface area contributed by atoms with Crippen molar-refractivity contribution in [1.29, 1.82) is 0 Å². The van der Waals surface area contributed by atoms with Crippen LogP contribution in [-0.4, -0.2) is 5.91 Å². The van der Waals surface area contributed by atoms with Crippen LogP contribution >= 0.6 is 0 Å². The molecular weight excluding hydrogens is 274 g/mol. The molecule has 1 N–H and O–H groups in total. The third kappa shape index (κ3) is 2.39. The molecule has 0 unspecified atom stereocenters. The van der Waals surface area contributed by atoms with Gasteiger partial charge in [0.05, 0.1) is 0 Å². The van der Waals surface area contributed by atoms with Gasteiger partial charge in [-0.25, -0.2) is 0 Å². The van der Waals surface area contributed by atoms with Gasteiger partial charge in [-0.15, -0.1) is 0 Å². The first-order valence-electron chi connectivity index (χ1n) is 7.34. The molecule has 0 spiro atoms. The standard InChI is InChI=1S/C19H19NO2/c1-11-7-5-6-8-16(11)20-19(21)18-14(4)15-9-12(2)13(3)10-17(15)22-18/h5-10H,1-4H3,(H,20,21). The smallest absolute Gasteiger partial charge is 0.291 e. The second-order valence-electron chi connectivity index (χ2n) is 5.76. The molecule has 1 heterocycles. The Hall–Kier alpha value is -2.55. The molecule has 0 aliphatic rings. The number of benzene rings is 2. The van der Waals surface area contributed by atoms with E-state index in [1.807, 2.05) is 51.1 Å². The maximum atomic E-state index is 12.5. The third-order valence-corrected chi connectivity index (χ3v) is 4.15. The average Bonchev–Trinajstić information content (AvgIpc) is 2.79. The lowest BCUT2D eigenvalue weighted by Crippen LogP contribution is -2.12. The Morgan fingerprint density at radius 3 is 2.36 bits per heavy atom. The van der Waals surface area contributed by atoms with Crippen molar-refractivity contribution < 1.29 is 9.21 Å². The minimum Gasteiger partial charge on any atom is -0.451 e. The lowest BCUT2D eigenvalue weighted by molar-refractivity contribution is 0.0998. The fraction of sp³-hybridized carbons (Fsp3) is 0.211. The number of amides is 1. The van der Waals surface area contributed by atoms with Gasteiger partial charge in [0, 0.05) is 16.6 Å². The predicted octanol–water partition coefficient (Wildman–Crippen LogP) is 4.92. The number of rotatable bonds is 2. The minimum atomic E-state index is -0.210. The number of hydrogen-bond donors (Lipinski definition) is 1. The number of carbonyl (C=O) groups excluding carboxylic acids is 1. The normalized spacial score (nSPS) is 10.9. The molecule has 0 radical (unpaired) electrons. The van der Waals surface area contributed by atoms with Crippen LogP contribution in [0.2, 0.25) is 0 Å². The van der Waals surface area contributed by atoms with E-state index in [0.29, 0.717) is 5.76 Å². The maximum Gasteiger partial charge on any atom is 0.291 e. The number of fused-ring (bicyclic) bond motifs is 1. The van der Waals surface area contributed by atoms with E-state index in [0.717, 1.165) is 33.3 Å². The molecule has 0 fully saturated rings. The molecular formula is C19H19NO2. The minimum absolute atomic E-state index is 0.210. The average molecular weight is 293 g/mol. The number of anilines is 1. The third-order valence-electron chi connectivity index (χ3n) is 4.15. The Morgan fingerprint density at radius 2 is 1.64 bits per heavy atom. The number of hydrogen-bond acceptors (Lipinski definition) is 2. The van der Waals surface area contributed by atoms with Crippen molar-refractivity contribution >= 4 is 22.6 Å². The Morgan fingerprint density at radius 1 is 0.955 bits per heavy atom. The summed E-state index contributed by atoms with van der Waals surface area (Å²) in [5.41, 5.74) is 5.82. The zero-order chi connectivity index (χ0) is 15.9. The molecule has 1 amide bonds. The van der Waals surface area contributed by atoms with E-state index in [9.17, 15) is 4.79 Å². The van der Waals surface area contributed by atoms with E-state index >= 15 is 0 Å². The monoisotopic (exact) mass is 293 g/mol. The van der Waals surface area contributed by atoms with Gasteiger partial charge in [0.1, 0.15) is 5.58 Å². The molecule has 3 nitrogen and oxygen atoms in total. The van der Waals surface area contributed by atoms with Gasteiger partial charge in [0.15, 0.2) is 5.76 Å². The van der Waals surface area contributed by atoms with Crippen LogP contribution in [0.1, 0.15) is 32.8 Å². The number of para-hydroxylation sites is 1. The van der Waals surface area contributed by atoms with Crippen molar-refractivity contribution in [1.82, 2.24) is 0 Å². The van der Waals surface area contributed by atoms with Gasteiger partial charge in [0.2, 0.25) is 0 Å². The highest BCUT2D eigenvalue weighted by Crippen LogP contribution is 2.28. The number of aryl methyl sites for hydroxylation is 4. The highest BCUT2D eigenvalue weighted by atomic mass is 16.3. The molecule has 0 saturated heterocycles. The van der Waals surface area contributed by atoms with Crippen LogP contribution in [0.5, 0.6) is 0 Å². The lowest BCUT2D eigenvalue weighted by atomic mass is 10.0. The van der Waals surface area contributed by atoms with Crippen molar-refractivity contribution in [2.24, 2.45) is 0 Å². The molecule has 1 aromatic heterocycles. The summed E-state index contributed by atoms with van der Waals surface area (Å²) in [6, 6.07) is 11.8. The van der Waals surface area contributed by atoms with Crippen LogP contribution in [0.25, 0.3) is 11.0 Å². The zero-order valence-corrected chi connectivity index (χ0v) is 13.3. The first-order chi connectivity index (χ1) is 10.5. The van der Waals surface area contributed by atoms with E-state index in [-0.39, 0.29) is 5.91 Å². The van der Waals surface area contributed by atoms with Gasteiger partial charge in [-0.05, 0) is 62.6 Å². The van der Waals surface area contributed by atoms with Crippen LogP contribution < -0.4 is 5.32 Å². The summed E-state index contributed by atoms with van der Waals surface area (Å²) in [5, 5.41) is 3.92. The fourth-order valence-corrected chi connectivity index (χ4v) is 2.58. The maximum absolute atomic E-state index is 12.5. The summed E-state index contributed by atoms with van der Waals surface area (Å²) in [7, 11) is 0. The molecule has 0 saturated carbocycles. The first-order valence-corrected chi connectivity index (χ1v) is 7.34. The van der Waals surface area contributed by atoms with Crippen molar-refractivity contribution in [2.45, 2.75) is 27.7 Å². The number of nitrogens with one attached hydrogen (secondary N) is 1. The topological polar surface area (TPSA) is 42.2 Å². The van der Waals surface area contributed by atoms with Crippen LogP contribution in [-0.2, 0) is 0 Å². The summed E-state index contributed by atoms with van der Waals surface area (Å²) in [6.07, 6.45) is 0. The van der Waals surface area contributed by atoms with E-state index < -0.39 is 0 Å². The Bertz CT molecular complexity index is 875. The first kappa shape index (κ1) is 14.4. The van der Waals surface area contributed by atoms with Crippen molar-refractivity contribution in [3.8, 4) is 0 Å². The van der Waals surface area contributed by atoms with E-state index in [4.69, 9.17) is 4.42 Å². The molecule has 0 bridgehead atoms. The van der Waals surface area contributed by atoms with Crippen molar-refractivity contribution in [3.05, 3.63) is 64.4 Å². The van der Waals surface area contributed by atoms with Gasteiger partial charge in [-0.1, -0.05) is 18.2 Å². The second-order valence-corrected chi connectivity index (χ2v) is 5.76. The molecule has 22 heavy (non-hydrogen) atoms. The molecule has 3 heteroatoms. The molecule has 0 atom stereocenters. The molecule has 3 rings (SSSR count). The van der Waals surface area contributed by atoms with Crippen LogP contribution in [0.4, 0.5) is 5.69 Å². The molecule has 0 aliphatic carbocycles. The lowest BCUT2D eigenvalue weighted by Gasteiger charge is -2.06. The van der Waals surface area contributed by atoms with Crippen LogP contribution in [0, 0.1) is 27.7 Å². The van der Waals surface area contributed by atoms with Gasteiger partial charge < -0.3 is 9.73 Å². The molecule has 2 aromatic carbocycles. The SMILES string of the molecule is Cc1cc2oc(C(=O)Nc3ccccc3C)c(C)c2cc1C. The fourth-order valence-electron chi connectivity index (χ4n) is 2.58. The zero-order valence-electron chi connectivity index (χ0n) is 13.3. The number of furan rings is 1. The highest BCUT2D eigenvalue weighted by Gasteiger charge is 2.18. The van der Waals surface area contributed by atoms with Gasteiger partial charge in [-0.3, -0.25) is 4.79 Å². The second kappa shape index (κ2) is 5.34. The van der Waals surface area contributed by atoms with Crippen LogP contribution in [0.3, 0.4) is 0 Å². The van der Waals surface area contributed by atoms with E-state index in [2.05, 4.69) is 18.3 Å². The largest absolute Gasteiger partial charge is 0.451 e. The summed E-state index contributed by atoms with van der Waals surface area (Å²) in [5.74, 6) is 0.168. The Labute approximate surface area is 130 Å². The molecule has 3 aromatic rings. The van der Waals surface area contributed by atoms with Gasteiger partial charge in [0.25, 0.3) is 5.91 Å². The summed E-state index contributed by atoms with van der Waals surface area (Å²) in [4.78, 5) is 12.5. The summed E-state index contributed by atoms with van der Waals surface area (Å²) >= 11 is 0. The van der Waals surface area contributed by atoms with Crippen LogP contribution in [0.15, 0.2) is 40.8 Å². The molecule has 0 aliphatic heterocycles. The van der Waals surface area contributed by atoms with E-state index in [1.165, 1.54) is 5.56 Å². The van der Waals surface area contributed by atoms with Gasteiger partial charge >= 0.3 is 0 Å². The summed E-state index contributed by atoms with van der Waals surface area (Å²) in [6.45, 7) is 8.00. The molecule has 112 valence electrons. The van der Waals surface area contributed by atoms with Crippen molar-refractivity contribution in [3.63, 3.8) is 0 Å². The highest BCUT2D eigenvalue weighted by molar-refractivity contribution is 6.06. The number of carbonyl (C=O) groups is 1. The Kier molecular flexibility index (Phi) is 3.49. The Balaban J connectivity index is 2.01.